The first-order valence-electron chi connectivity index (χ1n) is 6.23. The van der Waals surface area contributed by atoms with Crippen molar-refractivity contribution in [3.63, 3.8) is 0 Å². The summed E-state index contributed by atoms with van der Waals surface area (Å²) in [6.07, 6.45) is 2.67. The van der Waals surface area contributed by atoms with E-state index in [-0.39, 0.29) is 5.91 Å². The lowest BCUT2D eigenvalue weighted by molar-refractivity contribution is -0.146. The minimum absolute atomic E-state index is 0.307. The Hall–Kier alpha value is -0.880. The summed E-state index contributed by atoms with van der Waals surface area (Å²) in [6, 6.07) is 1.71. The number of carboxylic acids is 1. The van der Waals surface area contributed by atoms with Gasteiger partial charge in [0.25, 0.3) is 5.91 Å². The Morgan fingerprint density at radius 3 is 2.58 bits per heavy atom. The maximum Gasteiger partial charge on any atom is 0.329 e. The van der Waals surface area contributed by atoms with E-state index in [1.165, 1.54) is 11.3 Å². The molecule has 0 aliphatic heterocycles. The summed E-state index contributed by atoms with van der Waals surface area (Å²) in [5, 5.41) is 13.9. The van der Waals surface area contributed by atoms with Crippen LogP contribution in [-0.4, -0.2) is 22.5 Å². The van der Waals surface area contributed by atoms with Gasteiger partial charge < -0.3 is 10.4 Å². The van der Waals surface area contributed by atoms with Crippen LogP contribution in [0.2, 0.25) is 0 Å². The molecule has 1 aromatic heterocycles. The molecule has 1 heterocycles. The first-order chi connectivity index (χ1) is 8.93. The maximum absolute atomic E-state index is 12.1. The van der Waals surface area contributed by atoms with E-state index in [1.807, 2.05) is 0 Å². The molecular formula is C13H16BrNO3S. The van der Waals surface area contributed by atoms with Crippen molar-refractivity contribution in [2.75, 3.05) is 0 Å². The molecule has 0 atom stereocenters. The smallest absolute Gasteiger partial charge is 0.329 e. The minimum Gasteiger partial charge on any atom is -0.480 e. The van der Waals surface area contributed by atoms with E-state index in [9.17, 15) is 14.7 Å². The van der Waals surface area contributed by atoms with E-state index in [4.69, 9.17) is 0 Å². The van der Waals surface area contributed by atoms with Gasteiger partial charge >= 0.3 is 5.97 Å². The summed E-state index contributed by atoms with van der Waals surface area (Å²) < 4.78 is 0.860. The molecule has 0 saturated heterocycles. The molecule has 0 unspecified atom stereocenters. The van der Waals surface area contributed by atoms with E-state index in [0.717, 1.165) is 16.6 Å². The van der Waals surface area contributed by atoms with Gasteiger partial charge in [-0.1, -0.05) is 6.92 Å². The van der Waals surface area contributed by atoms with Gasteiger partial charge in [-0.25, -0.2) is 4.79 Å². The van der Waals surface area contributed by atoms with Crippen LogP contribution in [0.15, 0.2) is 15.2 Å². The van der Waals surface area contributed by atoms with Crippen molar-refractivity contribution in [2.45, 2.75) is 38.1 Å². The van der Waals surface area contributed by atoms with Crippen LogP contribution >= 0.6 is 27.3 Å². The Balaban J connectivity index is 2.13. The third-order valence-corrected chi connectivity index (χ3v) is 5.22. The highest BCUT2D eigenvalue weighted by atomic mass is 79.9. The SMILES string of the molecule is CC1CCC(NC(=O)c2csc(Br)c2)(C(=O)O)CC1. The summed E-state index contributed by atoms with van der Waals surface area (Å²) >= 11 is 4.71. The normalized spacial score (nSPS) is 26.9. The quantitative estimate of drug-likeness (QED) is 0.883. The van der Waals surface area contributed by atoms with Gasteiger partial charge in [-0.2, -0.15) is 0 Å². The van der Waals surface area contributed by atoms with Gasteiger partial charge in [-0.3, -0.25) is 4.79 Å². The molecule has 0 radical (unpaired) electrons. The van der Waals surface area contributed by atoms with Gasteiger partial charge in [0.15, 0.2) is 0 Å². The average Bonchev–Trinajstić information content (AvgIpc) is 2.79. The molecule has 0 bridgehead atoms. The second-order valence-electron chi connectivity index (χ2n) is 5.16. The molecule has 0 spiro atoms. The number of rotatable bonds is 3. The molecule has 1 saturated carbocycles. The van der Waals surface area contributed by atoms with Gasteiger partial charge in [-0.05, 0) is 53.6 Å². The summed E-state index contributed by atoms with van der Waals surface area (Å²) in [5.41, 5.74) is -0.589. The van der Waals surface area contributed by atoms with Crippen molar-refractivity contribution < 1.29 is 14.7 Å². The van der Waals surface area contributed by atoms with Crippen LogP contribution in [0.25, 0.3) is 0 Å². The summed E-state index contributed by atoms with van der Waals surface area (Å²) in [5.74, 6) is -0.708. The minimum atomic E-state index is -1.10. The van der Waals surface area contributed by atoms with Crippen LogP contribution in [0.5, 0.6) is 0 Å². The van der Waals surface area contributed by atoms with Crippen molar-refractivity contribution >= 4 is 39.1 Å². The summed E-state index contributed by atoms with van der Waals surface area (Å²) in [6.45, 7) is 2.11. The van der Waals surface area contributed by atoms with E-state index in [1.54, 1.807) is 11.4 Å². The predicted octanol–water partition coefficient (Wildman–Crippen LogP) is 3.27. The molecule has 1 amide bonds. The van der Waals surface area contributed by atoms with Crippen LogP contribution in [0.1, 0.15) is 43.0 Å². The molecule has 6 heteroatoms. The second kappa shape index (κ2) is 5.63. The molecule has 104 valence electrons. The largest absolute Gasteiger partial charge is 0.480 e. The zero-order valence-electron chi connectivity index (χ0n) is 10.6. The zero-order chi connectivity index (χ0) is 14.0. The molecule has 1 aromatic rings. The first-order valence-corrected chi connectivity index (χ1v) is 7.90. The number of hydrogen-bond acceptors (Lipinski definition) is 3. The van der Waals surface area contributed by atoms with Gasteiger partial charge in [0, 0.05) is 5.38 Å². The van der Waals surface area contributed by atoms with E-state index < -0.39 is 11.5 Å². The third-order valence-electron chi connectivity index (χ3n) is 3.72. The Bertz CT molecular complexity index is 492. The standard InChI is InChI=1S/C13H16BrNO3S/c1-8-2-4-13(5-3-8,12(17)18)15-11(16)9-6-10(14)19-7-9/h6-8H,2-5H2,1H3,(H,15,16)(H,17,18). The summed E-state index contributed by atoms with van der Waals surface area (Å²) in [7, 11) is 0. The van der Waals surface area contributed by atoms with Crippen LogP contribution in [-0.2, 0) is 4.79 Å². The Kier molecular flexibility index (Phi) is 4.30. The number of nitrogens with one attached hydrogen (secondary N) is 1. The Morgan fingerprint density at radius 1 is 1.47 bits per heavy atom. The average molecular weight is 346 g/mol. The topological polar surface area (TPSA) is 66.4 Å². The lowest BCUT2D eigenvalue weighted by Gasteiger charge is -2.36. The number of carbonyl (C=O) groups excluding carboxylic acids is 1. The number of thiophene rings is 1. The maximum atomic E-state index is 12.1. The highest BCUT2D eigenvalue weighted by molar-refractivity contribution is 9.11. The van der Waals surface area contributed by atoms with E-state index >= 15 is 0 Å². The fourth-order valence-electron chi connectivity index (χ4n) is 2.37. The molecular weight excluding hydrogens is 330 g/mol. The lowest BCUT2D eigenvalue weighted by atomic mass is 9.77. The van der Waals surface area contributed by atoms with Crippen LogP contribution < -0.4 is 5.32 Å². The van der Waals surface area contributed by atoms with Gasteiger partial charge in [-0.15, -0.1) is 11.3 Å². The first kappa shape index (κ1) is 14.5. The Morgan fingerprint density at radius 2 is 2.11 bits per heavy atom. The molecule has 1 aliphatic rings. The molecule has 0 aromatic carbocycles. The van der Waals surface area contributed by atoms with Crippen molar-refractivity contribution in [2.24, 2.45) is 5.92 Å². The van der Waals surface area contributed by atoms with Gasteiger partial charge in [0.1, 0.15) is 5.54 Å². The molecule has 19 heavy (non-hydrogen) atoms. The molecule has 1 aliphatic carbocycles. The van der Waals surface area contributed by atoms with Gasteiger partial charge in [0.2, 0.25) is 0 Å². The number of halogens is 1. The number of hydrogen-bond donors (Lipinski definition) is 2. The molecule has 2 rings (SSSR count). The number of aliphatic carboxylic acids is 1. The van der Waals surface area contributed by atoms with Crippen molar-refractivity contribution in [1.82, 2.24) is 5.32 Å². The van der Waals surface area contributed by atoms with Crippen molar-refractivity contribution in [1.29, 1.82) is 0 Å². The van der Waals surface area contributed by atoms with Crippen molar-refractivity contribution in [3.8, 4) is 0 Å². The monoisotopic (exact) mass is 345 g/mol. The predicted molar refractivity (Wildman–Crippen MR) is 77.5 cm³/mol. The third kappa shape index (κ3) is 3.17. The molecule has 2 N–H and O–H groups in total. The van der Waals surface area contributed by atoms with Gasteiger partial charge in [0.05, 0.1) is 9.35 Å². The van der Waals surface area contributed by atoms with Crippen LogP contribution in [0.4, 0.5) is 0 Å². The van der Waals surface area contributed by atoms with Crippen LogP contribution in [0.3, 0.4) is 0 Å². The zero-order valence-corrected chi connectivity index (χ0v) is 13.0. The number of carbonyl (C=O) groups is 2. The highest BCUT2D eigenvalue weighted by Crippen LogP contribution is 2.32. The lowest BCUT2D eigenvalue weighted by Crippen LogP contribution is -2.56. The number of amides is 1. The van der Waals surface area contributed by atoms with Crippen molar-refractivity contribution in [3.05, 3.63) is 20.8 Å². The van der Waals surface area contributed by atoms with E-state index in [0.29, 0.717) is 24.3 Å². The molecule has 1 fully saturated rings. The second-order valence-corrected chi connectivity index (χ2v) is 7.45. The van der Waals surface area contributed by atoms with E-state index in [2.05, 4.69) is 28.2 Å². The molecule has 4 nitrogen and oxygen atoms in total. The van der Waals surface area contributed by atoms with Crippen LogP contribution in [0, 0.1) is 5.92 Å². The fourth-order valence-corrected chi connectivity index (χ4v) is 3.50. The number of carboxylic acid groups (broad SMARTS) is 1. The fraction of sp³-hybridized carbons (Fsp3) is 0.538. The Labute approximate surface area is 124 Å². The highest BCUT2D eigenvalue weighted by Gasteiger charge is 2.42. The summed E-state index contributed by atoms with van der Waals surface area (Å²) in [4.78, 5) is 23.7.